The molecule has 8 heteroatoms. The van der Waals surface area contributed by atoms with Crippen molar-refractivity contribution in [2.24, 2.45) is 0 Å². The van der Waals surface area contributed by atoms with E-state index in [9.17, 15) is 9.59 Å². The molecule has 2 heterocycles. The van der Waals surface area contributed by atoms with Gasteiger partial charge in [0.2, 0.25) is 0 Å². The summed E-state index contributed by atoms with van der Waals surface area (Å²) in [6, 6.07) is 8.49. The number of carbonyl (C=O) groups is 2. The molecule has 1 unspecified atom stereocenters. The van der Waals surface area contributed by atoms with Gasteiger partial charge in [0, 0.05) is 37.3 Å². The zero-order valence-electron chi connectivity index (χ0n) is 14.6. The molecule has 26 heavy (non-hydrogen) atoms. The normalized spacial score (nSPS) is 15.7. The molecule has 1 aromatic carbocycles. The Bertz CT molecular complexity index is 782. The van der Waals surface area contributed by atoms with Crippen LogP contribution < -0.4 is 4.74 Å². The summed E-state index contributed by atoms with van der Waals surface area (Å²) in [5.41, 5.74) is 0.293. The largest absolute Gasteiger partial charge is 0.481 e. The fraction of sp³-hybridized carbons (Fsp3) is 0.389. The molecular formula is C18H20ClN3O4. The summed E-state index contributed by atoms with van der Waals surface area (Å²) in [5.74, 6) is 0.893. The molecule has 1 aliphatic rings. The second-order valence-electron chi connectivity index (χ2n) is 6.15. The predicted octanol–water partition coefficient (Wildman–Crippen LogP) is 2.39. The van der Waals surface area contributed by atoms with Gasteiger partial charge in [0.05, 0.1) is 0 Å². The van der Waals surface area contributed by atoms with Crippen LogP contribution in [-0.2, 0) is 4.79 Å². The van der Waals surface area contributed by atoms with E-state index in [2.05, 4.69) is 5.16 Å². The van der Waals surface area contributed by atoms with Crippen molar-refractivity contribution in [3.05, 3.63) is 46.8 Å². The van der Waals surface area contributed by atoms with Crippen molar-refractivity contribution < 1.29 is 18.8 Å². The highest BCUT2D eigenvalue weighted by Gasteiger charge is 2.29. The van der Waals surface area contributed by atoms with E-state index in [-0.39, 0.29) is 11.8 Å². The number of halogens is 1. The van der Waals surface area contributed by atoms with Gasteiger partial charge in [0.15, 0.2) is 11.8 Å². The van der Waals surface area contributed by atoms with Crippen LogP contribution in [0.2, 0.25) is 5.02 Å². The first-order chi connectivity index (χ1) is 12.4. The number of hydrogen-bond acceptors (Lipinski definition) is 5. The number of nitrogens with zero attached hydrogens (tertiary/aromatic N) is 3. The molecule has 2 aromatic rings. The Morgan fingerprint density at radius 1 is 1.15 bits per heavy atom. The van der Waals surface area contributed by atoms with Crippen molar-refractivity contribution in [1.29, 1.82) is 0 Å². The van der Waals surface area contributed by atoms with E-state index in [1.165, 1.54) is 0 Å². The molecule has 3 rings (SSSR count). The third-order valence-corrected chi connectivity index (χ3v) is 4.45. The van der Waals surface area contributed by atoms with E-state index in [0.29, 0.717) is 48.4 Å². The molecule has 138 valence electrons. The average Bonchev–Trinajstić information content (AvgIpc) is 3.09. The van der Waals surface area contributed by atoms with Crippen molar-refractivity contribution in [3.63, 3.8) is 0 Å². The van der Waals surface area contributed by atoms with Gasteiger partial charge in [0.1, 0.15) is 11.5 Å². The van der Waals surface area contributed by atoms with Gasteiger partial charge >= 0.3 is 0 Å². The van der Waals surface area contributed by atoms with Crippen LogP contribution in [0.15, 0.2) is 34.9 Å². The Morgan fingerprint density at radius 3 is 2.35 bits per heavy atom. The van der Waals surface area contributed by atoms with E-state index in [4.69, 9.17) is 20.9 Å². The van der Waals surface area contributed by atoms with Gasteiger partial charge in [-0.2, -0.15) is 0 Å². The van der Waals surface area contributed by atoms with E-state index in [1.54, 1.807) is 54.0 Å². The summed E-state index contributed by atoms with van der Waals surface area (Å²) < 4.78 is 10.6. The Hall–Kier alpha value is -2.54. The first-order valence-electron chi connectivity index (χ1n) is 8.37. The molecule has 1 saturated heterocycles. The Morgan fingerprint density at radius 2 is 1.77 bits per heavy atom. The molecule has 0 radical (unpaired) electrons. The third-order valence-electron chi connectivity index (χ3n) is 4.20. The maximum atomic E-state index is 12.6. The number of aryl methyl sites for hydroxylation is 1. The minimum absolute atomic E-state index is 0.107. The van der Waals surface area contributed by atoms with Gasteiger partial charge in [-0.1, -0.05) is 16.8 Å². The number of aromatic nitrogens is 1. The van der Waals surface area contributed by atoms with Gasteiger partial charge in [0.25, 0.3) is 11.8 Å². The molecule has 1 aliphatic heterocycles. The van der Waals surface area contributed by atoms with Gasteiger partial charge in [-0.05, 0) is 38.1 Å². The van der Waals surface area contributed by atoms with Crippen LogP contribution in [0.4, 0.5) is 0 Å². The zero-order valence-corrected chi connectivity index (χ0v) is 15.4. The van der Waals surface area contributed by atoms with Crippen molar-refractivity contribution in [3.8, 4) is 5.75 Å². The zero-order chi connectivity index (χ0) is 18.7. The van der Waals surface area contributed by atoms with E-state index < -0.39 is 6.10 Å². The second-order valence-corrected chi connectivity index (χ2v) is 6.59. The summed E-state index contributed by atoms with van der Waals surface area (Å²) in [6.45, 7) is 5.26. The minimum atomic E-state index is -0.614. The molecule has 0 spiro atoms. The highest BCUT2D eigenvalue weighted by Crippen LogP contribution is 2.18. The van der Waals surface area contributed by atoms with Crippen LogP contribution in [0, 0.1) is 6.92 Å². The van der Waals surface area contributed by atoms with Crippen molar-refractivity contribution in [1.82, 2.24) is 15.0 Å². The quantitative estimate of drug-likeness (QED) is 0.817. The molecule has 1 atom stereocenters. The minimum Gasteiger partial charge on any atom is -0.481 e. The van der Waals surface area contributed by atoms with Crippen molar-refractivity contribution in [2.45, 2.75) is 20.0 Å². The summed E-state index contributed by atoms with van der Waals surface area (Å²) in [6.07, 6.45) is -0.614. The molecule has 1 aromatic heterocycles. The van der Waals surface area contributed by atoms with Gasteiger partial charge < -0.3 is 19.1 Å². The third kappa shape index (κ3) is 4.16. The summed E-state index contributed by atoms with van der Waals surface area (Å²) >= 11 is 5.84. The van der Waals surface area contributed by atoms with Crippen LogP contribution in [-0.4, -0.2) is 59.1 Å². The number of piperazine rings is 1. The molecule has 2 amide bonds. The summed E-state index contributed by atoms with van der Waals surface area (Å²) in [4.78, 5) is 28.3. The number of rotatable bonds is 4. The van der Waals surface area contributed by atoms with Gasteiger partial charge in [-0.25, -0.2) is 0 Å². The lowest BCUT2D eigenvalue weighted by Gasteiger charge is -2.35. The maximum absolute atomic E-state index is 12.6. The highest BCUT2D eigenvalue weighted by molar-refractivity contribution is 6.30. The molecule has 0 saturated carbocycles. The van der Waals surface area contributed by atoms with Crippen LogP contribution in [0.1, 0.15) is 23.2 Å². The summed E-state index contributed by atoms with van der Waals surface area (Å²) in [7, 11) is 0. The predicted molar refractivity (Wildman–Crippen MR) is 95.3 cm³/mol. The first-order valence-corrected chi connectivity index (χ1v) is 8.75. The number of amides is 2. The van der Waals surface area contributed by atoms with Crippen LogP contribution in [0.3, 0.4) is 0 Å². The number of benzene rings is 1. The Balaban J connectivity index is 1.52. The molecule has 7 nitrogen and oxygen atoms in total. The fourth-order valence-corrected chi connectivity index (χ4v) is 2.91. The molecule has 0 N–H and O–H groups in total. The standard InChI is InChI=1S/C18H20ClN3O4/c1-12-11-16(20-26-12)18(24)22-9-7-21(8-10-22)17(23)13(2)25-15-5-3-14(19)4-6-15/h3-6,11,13H,7-10H2,1-2H3. The highest BCUT2D eigenvalue weighted by atomic mass is 35.5. The molecular weight excluding hydrogens is 358 g/mol. The van der Waals surface area contributed by atoms with E-state index in [0.717, 1.165) is 0 Å². The Labute approximate surface area is 156 Å². The lowest BCUT2D eigenvalue weighted by Crippen LogP contribution is -2.53. The van der Waals surface area contributed by atoms with Crippen molar-refractivity contribution >= 4 is 23.4 Å². The Kier molecular flexibility index (Phi) is 5.46. The fourth-order valence-electron chi connectivity index (χ4n) is 2.78. The molecule has 0 bridgehead atoms. The maximum Gasteiger partial charge on any atom is 0.276 e. The van der Waals surface area contributed by atoms with Crippen LogP contribution in [0.25, 0.3) is 0 Å². The topological polar surface area (TPSA) is 75.9 Å². The second kappa shape index (κ2) is 7.78. The molecule has 1 fully saturated rings. The van der Waals surface area contributed by atoms with E-state index >= 15 is 0 Å². The first kappa shape index (κ1) is 18.3. The number of carbonyl (C=O) groups excluding carboxylic acids is 2. The summed E-state index contributed by atoms with van der Waals surface area (Å²) in [5, 5.41) is 4.36. The average molecular weight is 378 g/mol. The van der Waals surface area contributed by atoms with Crippen LogP contribution >= 0.6 is 11.6 Å². The van der Waals surface area contributed by atoms with Crippen LogP contribution in [0.5, 0.6) is 5.75 Å². The number of ether oxygens (including phenoxy) is 1. The van der Waals surface area contributed by atoms with E-state index in [1.807, 2.05) is 0 Å². The SMILES string of the molecule is Cc1cc(C(=O)N2CCN(C(=O)C(C)Oc3ccc(Cl)cc3)CC2)no1. The van der Waals surface area contributed by atoms with Gasteiger partial charge in [-0.15, -0.1) is 0 Å². The van der Waals surface area contributed by atoms with Crippen molar-refractivity contribution in [2.75, 3.05) is 26.2 Å². The smallest absolute Gasteiger partial charge is 0.276 e. The van der Waals surface area contributed by atoms with Gasteiger partial charge in [-0.3, -0.25) is 9.59 Å². The lowest BCUT2D eigenvalue weighted by atomic mass is 10.2. The molecule has 0 aliphatic carbocycles. The lowest BCUT2D eigenvalue weighted by molar-refractivity contribution is -0.139. The number of hydrogen-bond donors (Lipinski definition) is 0. The monoisotopic (exact) mass is 377 g/mol.